The lowest BCUT2D eigenvalue weighted by Crippen LogP contribution is -2.37. The van der Waals surface area contributed by atoms with Crippen molar-refractivity contribution in [1.82, 2.24) is 5.32 Å². The van der Waals surface area contributed by atoms with Crippen LogP contribution in [0.4, 0.5) is 0 Å². The molecule has 1 unspecified atom stereocenters. The highest BCUT2D eigenvalue weighted by Gasteiger charge is 2.14. The van der Waals surface area contributed by atoms with Gasteiger partial charge in [-0.1, -0.05) is 45.4 Å². The van der Waals surface area contributed by atoms with Crippen LogP contribution in [0.5, 0.6) is 0 Å². The highest BCUT2D eigenvalue weighted by molar-refractivity contribution is 4.75. The average molecular weight is 197 g/mol. The second-order valence-electron chi connectivity index (χ2n) is 4.90. The number of unbranched alkanes of at least 4 members (excludes halogenated alkanes) is 2. The first kappa shape index (κ1) is 12.0. The second-order valence-corrected chi connectivity index (χ2v) is 4.90. The molecular formula is C13H27N. The molecule has 0 spiro atoms. The Bertz CT molecular complexity index is 127. The van der Waals surface area contributed by atoms with Crippen molar-refractivity contribution in [2.45, 2.75) is 83.7 Å². The van der Waals surface area contributed by atoms with Crippen molar-refractivity contribution in [3.8, 4) is 0 Å². The van der Waals surface area contributed by atoms with Gasteiger partial charge in [-0.25, -0.2) is 0 Å². The maximum absolute atomic E-state index is 3.78. The van der Waals surface area contributed by atoms with Crippen LogP contribution in [0.25, 0.3) is 0 Å². The molecule has 1 atom stereocenters. The first-order chi connectivity index (χ1) is 6.83. The number of hydrogen-bond donors (Lipinski definition) is 1. The van der Waals surface area contributed by atoms with Crippen LogP contribution in [0, 0.1) is 0 Å². The minimum atomic E-state index is 0.740. The molecule has 1 rings (SSSR count). The first-order valence-corrected chi connectivity index (χ1v) is 6.59. The van der Waals surface area contributed by atoms with E-state index in [1.54, 1.807) is 0 Å². The van der Waals surface area contributed by atoms with E-state index in [-0.39, 0.29) is 0 Å². The van der Waals surface area contributed by atoms with Crippen molar-refractivity contribution in [2.24, 2.45) is 0 Å². The third kappa shape index (κ3) is 4.99. The summed E-state index contributed by atoms with van der Waals surface area (Å²) in [6.45, 7) is 4.63. The van der Waals surface area contributed by atoms with Gasteiger partial charge >= 0.3 is 0 Å². The lowest BCUT2D eigenvalue weighted by molar-refractivity contribution is 0.333. The Kier molecular flexibility index (Phi) is 6.25. The third-order valence-electron chi connectivity index (χ3n) is 3.37. The zero-order chi connectivity index (χ0) is 10.2. The molecule has 1 saturated carbocycles. The molecule has 0 saturated heterocycles. The molecule has 1 heteroatoms. The SMILES string of the molecule is CCCCCC(C)NC1CCCCC1. The number of nitrogens with one attached hydrogen (secondary N) is 1. The molecule has 1 N–H and O–H groups in total. The van der Waals surface area contributed by atoms with Crippen LogP contribution in [0.2, 0.25) is 0 Å². The average Bonchev–Trinajstić information content (AvgIpc) is 2.20. The molecule has 0 bridgehead atoms. The van der Waals surface area contributed by atoms with E-state index in [9.17, 15) is 0 Å². The minimum Gasteiger partial charge on any atom is -0.312 e. The molecule has 0 amide bonds. The van der Waals surface area contributed by atoms with Gasteiger partial charge in [0.2, 0.25) is 0 Å². The molecule has 1 nitrogen and oxygen atoms in total. The lowest BCUT2D eigenvalue weighted by Gasteiger charge is -2.26. The third-order valence-corrected chi connectivity index (χ3v) is 3.37. The smallest absolute Gasteiger partial charge is 0.00695 e. The Morgan fingerprint density at radius 3 is 2.50 bits per heavy atom. The van der Waals surface area contributed by atoms with Gasteiger partial charge in [0.1, 0.15) is 0 Å². The quantitative estimate of drug-likeness (QED) is 0.637. The van der Waals surface area contributed by atoms with Gasteiger partial charge in [0.05, 0.1) is 0 Å². The van der Waals surface area contributed by atoms with Crippen LogP contribution < -0.4 is 5.32 Å². The van der Waals surface area contributed by atoms with Crippen molar-refractivity contribution in [3.05, 3.63) is 0 Å². The molecule has 1 aliphatic carbocycles. The monoisotopic (exact) mass is 197 g/mol. The molecule has 0 aromatic heterocycles. The van der Waals surface area contributed by atoms with E-state index in [0.717, 1.165) is 12.1 Å². The van der Waals surface area contributed by atoms with Crippen LogP contribution in [0.3, 0.4) is 0 Å². The number of hydrogen-bond acceptors (Lipinski definition) is 1. The molecule has 0 aromatic rings. The van der Waals surface area contributed by atoms with Gasteiger partial charge in [-0.05, 0) is 26.2 Å². The summed E-state index contributed by atoms with van der Waals surface area (Å²) in [5.41, 5.74) is 0. The van der Waals surface area contributed by atoms with Crippen LogP contribution in [-0.2, 0) is 0 Å². The molecule has 0 heterocycles. The van der Waals surface area contributed by atoms with Gasteiger partial charge < -0.3 is 5.32 Å². The van der Waals surface area contributed by atoms with E-state index < -0.39 is 0 Å². The first-order valence-electron chi connectivity index (χ1n) is 6.59. The molecule has 0 aliphatic heterocycles. The Balaban J connectivity index is 2.03. The summed E-state index contributed by atoms with van der Waals surface area (Å²) in [7, 11) is 0. The van der Waals surface area contributed by atoms with E-state index in [1.165, 1.54) is 57.8 Å². The van der Waals surface area contributed by atoms with Crippen molar-refractivity contribution in [3.63, 3.8) is 0 Å². The molecule has 1 aliphatic rings. The summed E-state index contributed by atoms with van der Waals surface area (Å²) >= 11 is 0. The fraction of sp³-hybridized carbons (Fsp3) is 1.00. The summed E-state index contributed by atoms with van der Waals surface area (Å²) in [6.07, 6.45) is 12.7. The van der Waals surface area contributed by atoms with Gasteiger partial charge in [-0.15, -0.1) is 0 Å². The van der Waals surface area contributed by atoms with E-state index >= 15 is 0 Å². The Hall–Kier alpha value is -0.0400. The van der Waals surface area contributed by atoms with Gasteiger partial charge in [-0.2, -0.15) is 0 Å². The van der Waals surface area contributed by atoms with E-state index in [1.807, 2.05) is 0 Å². The predicted octanol–water partition coefficient (Wildman–Crippen LogP) is 3.88. The topological polar surface area (TPSA) is 12.0 Å². The summed E-state index contributed by atoms with van der Waals surface area (Å²) in [5.74, 6) is 0. The Morgan fingerprint density at radius 2 is 1.86 bits per heavy atom. The molecule has 84 valence electrons. The van der Waals surface area contributed by atoms with E-state index in [0.29, 0.717) is 0 Å². The fourth-order valence-electron chi connectivity index (χ4n) is 2.46. The van der Waals surface area contributed by atoms with E-state index in [2.05, 4.69) is 19.2 Å². The lowest BCUT2D eigenvalue weighted by atomic mass is 9.94. The molecule has 0 aromatic carbocycles. The maximum Gasteiger partial charge on any atom is 0.00695 e. The molecular weight excluding hydrogens is 170 g/mol. The maximum atomic E-state index is 3.78. The van der Waals surface area contributed by atoms with Gasteiger partial charge in [0.25, 0.3) is 0 Å². The molecule has 0 radical (unpaired) electrons. The largest absolute Gasteiger partial charge is 0.312 e. The predicted molar refractivity (Wildman–Crippen MR) is 63.6 cm³/mol. The van der Waals surface area contributed by atoms with Gasteiger partial charge in [0.15, 0.2) is 0 Å². The summed E-state index contributed by atoms with van der Waals surface area (Å²) in [5, 5.41) is 3.78. The van der Waals surface area contributed by atoms with Gasteiger partial charge in [-0.3, -0.25) is 0 Å². The molecule has 1 fully saturated rings. The van der Waals surface area contributed by atoms with Gasteiger partial charge in [0, 0.05) is 12.1 Å². The van der Waals surface area contributed by atoms with Crippen LogP contribution >= 0.6 is 0 Å². The van der Waals surface area contributed by atoms with Crippen molar-refractivity contribution >= 4 is 0 Å². The normalized spacial score (nSPS) is 21.0. The van der Waals surface area contributed by atoms with Crippen LogP contribution in [0.15, 0.2) is 0 Å². The zero-order valence-corrected chi connectivity index (χ0v) is 10.0. The van der Waals surface area contributed by atoms with E-state index in [4.69, 9.17) is 0 Å². The zero-order valence-electron chi connectivity index (χ0n) is 10.0. The fourth-order valence-corrected chi connectivity index (χ4v) is 2.46. The van der Waals surface area contributed by atoms with Crippen LogP contribution in [0.1, 0.15) is 71.6 Å². The minimum absolute atomic E-state index is 0.740. The highest BCUT2D eigenvalue weighted by atomic mass is 14.9. The second kappa shape index (κ2) is 7.28. The highest BCUT2D eigenvalue weighted by Crippen LogP contribution is 2.18. The van der Waals surface area contributed by atoms with Crippen molar-refractivity contribution in [2.75, 3.05) is 0 Å². The Labute approximate surface area is 89.7 Å². The van der Waals surface area contributed by atoms with Crippen LogP contribution in [-0.4, -0.2) is 12.1 Å². The summed E-state index contributed by atoms with van der Waals surface area (Å²) in [6, 6.07) is 1.57. The summed E-state index contributed by atoms with van der Waals surface area (Å²) < 4.78 is 0. The van der Waals surface area contributed by atoms with Crippen molar-refractivity contribution < 1.29 is 0 Å². The van der Waals surface area contributed by atoms with Crippen molar-refractivity contribution in [1.29, 1.82) is 0 Å². The number of rotatable bonds is 6. The standard InChI is InChI=1S/C13H27N/c1-3-4-6-9-12(2)14-13-10-7-5-8-11-13/h12-14H,3-11H2,1-2H3. The molecule has 14 heavy (non-hydrogen) atoms. The Morgan fingerprint density at radius 1 is 1.14 bits per heavy atom. The summed E-state index contributed by atoms with van der Waals surface area (Å²) in [4.78, 5) is 0.